The zero-order valence-corrected chi connectivity index (χ0v) is 30.2. The predicted octanol–water partition coefficient (Wildman–Crippen LogP) is 12.1. The third-order valence-electron chi connectivity index (χ3n) is 10.7. The lowest BCUT2D eigenvalue weighted by atomic mass is 10.0. The Hall–Kier alpha value is -7.70. The molecule has 4 aromatic heterocycles. The van der Waals surface area contributed by atoms with E-state index in [-0.39, 0.29) is 0 Å². The molecule has 0 fully saturated rings. The van der Waals surface area contributed by atoms with Crippen LogP contribution in [0, 0.1) is 0 Å². The third-order valence-corrected chi connectivity index (χ3v) is 10.7. The molecule has 0 saturated carbocycles. The third kappa shape index (κ3) is 5.19. The second-order valence-corrected chi connectivity index (χ2v) is 13.9. The maximum absolute atomic E-state index is 5.21. The van der Waals surface area contributed by atoms with Crippen molar-refractivity contribution in [1.29, 1.82) is 0 Å². The van der Waals surface area contributed by atoms with Gasteiger partial charge in [-0.2, -0.15) is 0 Å². The fraction of sp³-hybridized carbons (Fsp3) is 0. The maximum atomic E-state index is 5.21. The van der Waals surface area contributed by atoms with Gasteiger partial charge in [0.1, 0.15) is 0 Å². The number of nitrogens with zero attached hydrogens (tertiary/aromatic N) is 6. The van der Waals surface area contributed by atoms with Crippen LogP contribution in [0.25, 0.3) is 100 Å². The molecule has 0 aliphatic rings. The predicted molar refractivity (Wildman–Crippen MR) is 228 cm³/mol. The molecule has 0 unspecified atom stereocenters. The minimum absolute atomic E-state index is 0.593. The van der Waals surface area contributed by atoms with Crippen molar-refractivity contribution in [2.24, 2.45) is 0 Å². The van der Waals surface area contributed by atoms with Crippen LogP contribution in [0.4, 0.5) is 0 Å². The molecule has 262 valence electrons. The molecule has 56 heavy (non-hydrogen) atoms. The first-order chi connectivity index (χ1) is 27.8. The molecule has 0 radical (unpaired) electrons. The second-order valence-electron chi connectivity index (χ2n) is 13.9. The Bertz CT molecular complexity index is 3130. The first kappa shape index (κ1) is 31.8. The Labute approximate surface area is 322 Å². The summed E-state index contributed by atoms with van der Waals surface area (Å²) >= 11 is 0. The van der Waals surface area contributed by atoms with Gasteiger partial charge in [0.15, 0.2) is 17.5 Å². The van der Waals surface area contributed by atoms with Gasteiger partial charge in [0.2, 0.25) is 0 Å². The molecule has 0 aliphatic heterocycles. The molecule has 0 spiro atoms. The zero-order valence-electron chi connectivity index (χ0n) is 30.2. The van der Waals surface area contributed by atoms with Gasteiger partial charge in [0.05, 0.1) is 27.8 Å². The van der Waals surface area contributed by atoms with Crippen LogP contribution in [0.15, 0.2) is 194 Å². The van der Waals surface area contributed by atoms with Gasteiger partial charge in [-0.25, -0.2) is 15.0 Å². The molecule has 11 rings (SSSR count). The SMILES string of the molecule is c1ccc(-c2nc(-c3ccccc3)nc(-c3ccc(-c4cccnc4)cc3-n3c4ccccc4c4ccc(-n5c6ccccc6c6ccccc65)cc43)n2)cc1. The summed E-state index contributed by atoms with van der Waals surface area (Å²) in [6, 6.07) is 63.7. The summed E-state index contributed by atoms with van der Waals surface area (Å²) in [6.45, 7) is 0. The maximum Gasteiger partial charge on any atom is 0.166 e. The summed E-state index contributed by atoms with van der Waals surface area (Å²) in [4.78, 5) is 19.9. The van der Waals surface area contributed by atoms with E-state index in [0.717, 1.165) is 55.6 Å². The minimum Gasteiger partial charge on any atom is -0.309 e. The molecule has 0 N–H and O–H groups in total. The highest BCUT2D eigenvalue weighted by atomic mass is 15.1. The molecular formula is C50H32N6. The van der Waals surface area contributed by atoms with Crippen LogP contribution in [-0.2, 0) is 0 Å². The van der Waals surface area contributed by atoms with Crippen LogP contribution in [0.3, 0.4) is 0 Å². The zero-order chi connectivity index (χ0) is 37.0. The van der Waals surface area contributed by atoms with Crippen LogP contribution < -0.4 is 0 Å². The number of benzene rings is 7. The summed E-state index contributed by atoms with van der Waals surface area (Å²) in [7, 11) is 0. The Morgan fingerprint density at radius 3 is 1.45 bits per heavy atom. The molecule has 6 nitrogen and oxygen atoms in total. The normalized spacial score (nSPS) is 11.6. The molecule has 0 aliphatic carbocycles. The van der Waals surface area contributed by atoms with Crippen LogP contribution in [0.2, 0.25) is 0 Å². The highest BCUT2D eigenvalue weighted by Gasteiger charge is 2.21. The fourth-order valence-corrected chi connectivity index (χ4v) is 8.11. The highest BCUT2D eigenvalue weighted by molar-refractivity contribution is 6.12. The van der Waals surface area contributed by atoms with Crippen molar-refractivity contribution in [2.75, 3.05) is 0 Å². The fourth-order valence-electron chi connectivity index (χ4n) is 8.11. The van der Waals surface area contributed by atoms with E-state index >= 15 is 0 Å². The van der Waals surface area contributed by atoms with E-state index in [4.69, 9.17) is 15.0 Å². The Kier molecular flexibility index (Phi) is 7.38. The number of aromatic nitrogens is 6. The van der Waals surface area contributed by atoms with Gasteiger partial charge in [-0.1, -0.05) is 133 Å². The van der Waals surface area contributed by atoms with Crippen molar-refractivity contribution in [3.63, 3.8) is 0 Å². The average molecular weight is 717 g/mol. The van der Waals surface area contributed by atoms with E-state index in [1.807, 2.05) is 79.1 Å². The topological polar surface area (TPSA) is 61.4 Å². The van der Waals surface area contributed by atoms with Crippen LogP contribution >= 0.6 is 0 Å². The van der Waals surface area contributed by atoms with E-state index in [1.165, 1.54) is 27.2 Å². The first-order valence-corrected chi connectivity index (χ1v) is 18.7. The van der Waals surface area contributed by atoms with Crippen LogP contribution in [0.5, 0.6) is 0 Å². The molecule has 11 aromatic rings. The second kappa shape index (κ2) is 13.0. The monoisotopic (exact) mass is 716 g/mol. The molecule has 0 amide bonds. The van der Waals surface area contributed by atoms with Gasteiger partial charge in [0.25, 0.3) is 0 Å². The van der Waals surface area contributed by atoms with Crippen molar-refractivity contribution in [3.8, 4) is 56.7 Å². The van der Waals surface area contributed by atoms with Crippen LogP contribution in [0.1, 0.15) is 0 Å². The minimum atomic E-state index is 0.593. The Morgan fingerprint density at radius 1 is 0.339 bits per heavy atom. The van der Waals surface area contributed by atoms with Crippen molar-refractivity contribution in [1.82, 2.24) is 29.1 Å². The van der Waals surface area contributed by atoms with Gasteiger partial charge >= 0.3 is 0 Å². The van der Waals surface area contributed by atoms with Crippen molar-refractivity contribution in [3.05, 3.63) is 194 Å². The van der Waals surface area contributed by atoms with E-state index < -0.39 is 0 Å². The van der Waals surface area contributed by atoms with Crippen molar-refractivity contribution >= 4 is 43.6 Å². The standard InChI is InChI=1S/C50H32N6/c1-3-14-33(15-4-1)48-52-49(34-16-5-2-6-17-34)54-50(53-48)42-27-25-35(36-18-13-29-51-32-36)30-46(42)56-45-24-12-9-21-40(45)41-28-26-37(31-47(41)56)55-43-22-10-7-19-38(43)39-20-8-11-23-44(39)55/h1-32H. The van der Waals surface area contributed by atoms with E-state index in [9.17, 15) is 0 Å². The molecule has 4 heterocycles. The van der Waals surface area contributed by atoms with Crippen molar-refractivity contribution in [2.45, 2.75) is 0 Å². The highest BCUT2D eigenvalue weighted by Crippen LogP contribution is 2.40. The number of rotatable bonds is 6. The van der Waals surface area contributed by atoms with Gasteiger partial charge in [-0.3, -0.25) is 4.98 Å². The summed E-state index contributed by atoms with van der Waals surface area (Å²) in [5.74, 6) is 1.83. The summed E-state index contributed by atoms with van der Waals surface area (Å²) in [5, 5.41) is 4.79. The van der Waals surface area contributed by atoms with E-state index in [1.54, 1.807) is 0 Å². The molecule has 0 atom stereocenters. The lowest BCUT2D eigenvalue weighted by Gasteiger charge is -2.17. The summed E-state index contributed by atoms with van der Waals surface area (Å²) < 4.78 is 4.76. The number of hydrogen-bond acceptors (Lipinski definition) is 4. The Balaban J connectivity index is 1.22. The van der Waals surface area contributed by atoms with Gasteiger partial charge in [-0.05, 0) is 54.1 Å². The number of pyridine rings is 1. The first-order valence-electron chi connectivity index (χ1n) is 18.7. The number of hydrogen-bond donors (Lipinski definition) is 0. The molecule has 6 heteroatoms. The van der Waals surface area contributed by atoms with Crippen molar-refractivity contribution < 1.29 is 0 Å². The largest absolute Gasteiger partial charge is 0.309 e. The van der Waals surface area contributed by atoms with E-state index in [2.05, 4.69) is 129 Å². The number of para-hydroxylation sites is 3. The molecule has 0 bridgehead atoms. The summed E-state index contributed by atoms with van der Waals surface area (Å²) in [5.41, 5.74) is 11.4. The number of fused-ring (bicyclic) bond motifs is 6. The summed E-state index contributed by atoms with van der Waals surface area (Å²) in [6.07, 6.45) is 3.72. The molecule has 0 saturated heterocycles. The van der Waals surface area contributed by atoms with Gasteiger partial charge in [-0.15, -0.1) is 0 Å². The molecule has 7 aromatic carbocycles. The quantitative estimate of drug-likeness (QED) is 0.172. The van der Waals surface area contributed by atoms with Gasteiger partial charge in [0, 0.05) is 61.9 Å². The average Bonchev–Trinajstić information content (AvgIpc) is 3.79. The smallest absolute Gasteiger partial charge is 0.166 e. The van der Waals surface area contributed by atoms with Crippen LogP contribution in [-0.4, -0.2) is 29.1 Å². The van der Waals surface area contributed by atoms with Gasteiger partial charge < -0.3 is 9.13 Å². The lowest BCUT2D eigenvalue weighted by Crippen LogP contribution is -2.04. The lowest BCUT2D eigenvalue weighted by molar-refractivity contribution is 1.06. The molecular weight excluding hydrogens is 685 g/mol. The Morgan fingerprint density at radius 2 is 0.857 bits per heavy atom. The van der Waals surface area contributed by atoms with E-state index in [0.29, 0.717) is 17.5 Å².